The van der Waals surface area contributed by atoms with Gasteiger partial charge in [0.05, 0.1) is 12.9 Å². The summed E-state index contributed by atoms with van der Waals surface area (Å²) in [6.45, 7) is 38.3. The molecule has 2 aromatic rings. The van der Waals surface area contributed by atoms with Crippen molar-refractivity contribution in [1.29, 1.82) is 0 Å². The summed E-state index contributed by atoms with van der Waals surface area (Å²) in [6, 6.07) is 0. The molecule has 1 aliphatic heterocycles. The van der Waals surface area contributed by atoms with E-state index in [1.807, 2.05) is 4.57 Å². The summed E-state index contributed by atoms with van der Waals surface area (Å²) >= 11 is 0. The highest BCUT2D eigenvalue weighted by Gasteiger charge is 2.55. The lowest BCUT2D eigenvalue weighted by atomic mass is 10.1. The van der Waals surface area contributed by atoms with Crippen LogP contribution in [0.1, 0.15) is 74.4 Å². The second-order valence-corrected chi connectivity index (χ2v) is 31.0. The van der Waals surface area contributed by atoms with E-state index in [0.29, 0.717) is 35.8 Å². The van der Waals surface area contributed by atoms with Crippen molar-refractivity contribution in [2.24, 2.45) is 0 Å². The fourth-order valence-corrected chi connectivity index (χ4v) is 7.89. The quantitative estimate of drug-likeness (QED) is 0.205. The monoisotopic (exact) mass is 649 g/mol. The zero-order chi connectivity index (χ0) is 33.0. The van der Waals surface area contributed by atoms with Gasteiger partial charge >= 0.3 is 0 Å². The Morgan fingerprint density at radius 1 is 0.860 bits per heavy atom. The molecule has 0 bridgehead atoms. The summed E-state index contributed by atoms with van der Waals surface area (Å²) in [7, 11) is -6.62. The molecular formula is C31H59N5O4Si3. The molecule has 1 fully saturated rings. The van der Waals surface area contributed by atoms with Gasteiger partial charge in [-0.05, 0) is 54.4 Å². The van der Waals surface area contributed by atoms with E-state index in [1.165, 1.54) is 0 Å². The summed E-state index contributed by atoms with van der Waals surface area (Å²) in [6.07, 6.45) is 2.41. The number of hydrogen-bond donors (Lipinski definition) is 1. The Morgan fingerprint density at radius 2 is 1.37 bits per heavy atom. The third-order valence-electron chi connectivity index (χ3n) is 10.3. The van der Waals surface area contributed by atoms with Gasteiger partial charge in [-0.25, -0.2) is 15.0 Å². The van der Waals surface area contributed by atoms with Gasteiger partial charge in [0, 0.05) is 6.42 Å². The van der Waals surface area contributed by atoms with Crippen molar-refractivity contribution in [1.82, 2.24) is 19.5 Å². The number of fused-ring (bicyclic) bond motifs is 1. The molecule has 43 heavy (non-hydrogen) atoms. The average molecular weight is 650 g/mol. The maximum Gasteiger partial charge on any atom is 0.192 e. The highest BCUT2D eigenvalue weighted by atomic mass is 28.4. The minimum atomic E-state index is -2.29. The molecule has 1 saturated heterocycles. The molecule has 3 rings (SSSR count). The first-order chi connectivity index (χ1) is 19.3. The van der Waals surface area contributed by atoms with Crippen LogP contribution in [-0.4, -0.2) is 69.4 Å². The molecule has 0 aromatic carbocycles. The molecule has 9 nitrogen and oxygen atoms in total. The van der Waals surface area contributed by atoms with Gasteiger partial charge in [-0.1, -0.05) is 68.4 Å². The van der Waals surface area contributed by atoms with Gasteiger partial charge in [-0.15, -0.1) is 6.58 Å². The molecule has 2 aromatic heterocycles. The summed E-state index contributed by atoms with van der Waals surface area (Å²) < 4.78 is 30.3. The van der Waals surface area contributed by atoms with E-state index in [4.69, 9.17) is 28.7 Å². The second kappa shape index (κ2) is 12.1. The predicted molar refractivity (Wildman–Crippen MR) is 185 cm³/mol. The minimum Gasteiger partial charge on any atom is -0.414 e. The van der Waals surface area contributed by atoms with Crippen LogP contribution in [0.25, 0.3) is 11.2 Å². The lowest BCUT2D eigenvalue weighted by molar-refractivity contribution is -0.0470. The Labute approximate surface area is 263 Å². The first-order valence-electron chi connectivity index (χ1n) is 15.6. The molecule has 1 aliphatic rings. The largest absolute Gasteiger partial charge is 0.414 e. The molecular weight excluding hydrogens is 591 g/mol. The van der Waals surface area contributed by atoms with Crippen molar-refractivity contribution in [2.75, 3.05) is 12.3 Å². The highest BCUT2D eigenvalue weighted by Crippen LogP contribution is 2.47. The maximum atomic E-state index is 7.28. The van der Waals surface area contributed by atoms with Gasteiger partial charge in [0.15, 0.2) is 42.6 Å². The Kier molecular flexibility index (Phi) is 10.1. The van der Waals surface area contributed by atoms with Crippen molar-refractivity contribution >= 4 is 41.9 Å². The lowest BCUT2D eigenvalue weighted by Crippen LogP contribution is -2.54. The molecule has 244 valence electrons. The zero-order valence-electron chi connectivity index (χ0n) is 29.6. The van der Waals surface area contributed by atoms with E-state index in [0.717, 1.165) is 0 Å². The fourth-order valence-electron chi connectivity index (χ4n) is 4.27. The van der Waals surface area contributed by atoms with Crippen molar-refractivity contribution < 1.29 is 18.0 Å². The zero-order valence-corrected chi connectivity index (χ0v) is 32.6. The molecule has 0 unspecified atom stereocenters. The number of hydrogen-bond acceptors (Lipinski definition) is 8. The van der Waals surface area contributed by atoms with Crippen LogP contribution in [0.2, 0.25) is 54.4 Å². The third kappa shape index (κ3) is 7.53. The van der Waals surface area contributed by atoms with Crippen LogP contribution >= 0.6 is 0 Å². The SMILES string of the molecule is C=CCc1nc(N)c2ncn([C@@H]3O[C@H](CO[Si](C)(C)C(C)(C)C)[C@@H](O[Si](C)(C)C(C)(C)C)[C@H]3O[Si](C)(C)C(C)(C)C)c2n1. The molecule has 3 heterocycles. The third-order valence-corrected chi connectivity index (χ3v) is 23.7. The molecule has 2 N–H and O–H groups in total. The molecule has 0 aliphatic carbocycles. The summed E-state index contributed by atoms with van der Waals surface area (Å²) in [5.74, 6) is 0.931. The van der Waals surface area contributed by atoms with E-state index in [9.17, 15) is 0 Å². The van der Waals surface area contributed by atoms with Crippen LogP contribution in [0.5, 0.6) is 0 Å². The molecule has 0 amide bonds. The topological polar surface area (TPSA) is 107 Å². The van der Waals surface area contributed by atoms with Gasteiger partial charge in [-0.3, -0.25) is 4.57 Å². The standard InChI is InChI=1S/C31H59N5O4Si3/c1-17-18-22-34-26(32)23-27(35-22)36(20-33-23)28-25(40-43(15,16)31(8,9)10)24(39-42(13,14)30(5,6)7)21(38-28)19-37-41(11,12)29(2,3)4/h17,20-21,24-25,28H,1,18-19H2,2-16H3,(H2,32,34,35)/t21-,24-,25-,28-/m1/s1. The van der Waals surface area contributed by atoms with Crippen LogP contribution < -0.4 is 5.73 Å². The van der Waals surface area contributed by atoms with E-state index in [2.05, 4.69) is 118 Å². The number of aromatic nitrogens is 4. The first-order valence-corrected chi connectivity index (χ1v) is 24.3. The van der Waals surface area contributed by atoms with Gasteiger partial charge in [0.25, 0.3) is 0 Å². The van der Waals surface area contributed by atoms with Crippen LogP contribution in [0.15, 0.2) is 19.0 Å². The summed E-state index contributed by atoms with van der Waals surface area (Å²) in [5.41, 5.74) is 7.52. The number of nitrogens with two attached hydrogens (primary N) is 1. The van der Waals surface area contributed by atoms with Crippen LogP contribution in [0.3, 0.4) is 0 Å². The Hall–Kier alpha value is -1.42. The Balaban J connectivity index is 2.20. The Bertz CT molecular complexity index is 1290. The predicted octanol–water partition coefficient (Wildman–Crippen LogP) is 7.84. The number of imidazole rings is 1. The second-order valence-electron chi connectivity index (χ2n) is 16.7. The molecule has 12 heteroatoms. The van der Waals surface area contributed by atoms with E-state index in [1.54, 1.807) is 12.4 Å². The Morgan fingerprint density at radius 3 is 1.86 bits per heavy atom. The van der Waals surface area contributed by atoms with Gasteiger partial charge < -0.3 is 23.7 Å². The van der Waals surface area contributed by atoms with Gasteiger partial charge in [0.1, 0.15) is 29.7 Å². The number of ether oxygens (including phenoxy) is 1. The van der Waals surface area contributed by atoms with Crippen molar-refractivity contribution in [3.63, 3.8) is 0 Å². The number of anilines is 1. The van der Waals surface area contributed by atoms with Crippen molar-refractivity contribution in [3.05, 3.63) is 24.8 Å². The fraction of sp³-hybridized carbons (Fsp3) is 0.774. The lowest BCUT2D eigenvalue weighted by Gasteiger charge is -2.44. The minimum absolute atomic E-state index is 0.000412. The van der Waals surface area contributed by atoms with Crippen LogP contribution in [0.4, 0.5) is 5.82 Å². The first kappa shape index (κ1) is 36.1. The highest BCUT2D eigenvalue weighted by molar-refractivity contribution is 6.75. The molecule has 0 saturated carbocycles. The number of nitrogen functional groups attached to an aromatic ring is 1. The van der Waals surface area contributed by atoms with E-state index < -0.39 is 37.3 Å². The summed E-state index contributed by atoms with van der Waals surface area (Å²) in [5, 5.41) is 0.0460. The number of rotatable bonds is 10. The molecule has 4 atom stereocenters. The maximum absolute atomic E-state index is 7.28. The summed E-state index contributed by atoms with van der Waals surface area (Å²) in [4.78, 5) is 13.9. The average Bonchev–Trinajstić information content (AvgIpc) is 3.37. The van der Waals surface area contributed by atoms with Crippen molar-refractivity contribution in [2.45, 2.75) is 148 Å². The number of nitrogens with zero attached hydrogens (tertiary/aromatic N) is 4. The van der Waals surface area contributed by atoms with Crippen LogP contribution in [0, 0.1) is 0 Å². The van der Waals surface area contributed by atoms with E-state index >= 15 is 0 Å². The molecule has 0 spiro atoms. The van der Waals surface area contributed by atoms with Gasteiger partial charge in [0.2, 0.25) is 0 Å². The van der Waals surface area contributed by atoms with Crippen molar-refractivity contribution in [3.8, 4) is 0 Å². The van der Waals surface area contributed by atoms with Crippen LogP contribution in [-0.2, 0) is 24.4 Å². The smallest absolute Gasteiger partial charge is 0.192 e. The number of allylic oxidation sites excluding steroid dienone is 1. The normalized spacial score (nSPS) is 22.9. The van der Waals surface area contributed by atoms with Gasteiger partial charge in [-0.2, -0.15) is 0 Å². The molecule has 0 radical (unpaired) electrons. The van der Waals surface area contributed by atoms with E-state index in [-0.39, 0.29) is 27.3 Å².